The van der Waals surface area contributed by atoms with E-state index in [-0.39, 0.29) is 23.7 Å². The number of carbonyl (C=O) groups is 2. The van der Waals surface area contributed by atoms with Gasteiger partial charge in [-0.2, -0.15) is 5.26 Å². The van der Waals surface area contributed by atoms with Crippen LogP contribution >= 0.6 is 11.6 Å². The first-order chi connectivity index (χ1) is 10.0. The Hall–Kier alpha value is -2.26. The van der Waals surface area contributed by atoms with Gasteiger partial charge in [0.15, 0.2) is 0 Å². The van der Waals surface area contributed by atoms with Crippen molar-refractivity contribution in [3.63, 3.8) is 0 Å². The normalized spacial score (nSPS) is 13.3. The molecule has 0 atom stereocenters. The average molecular weight is 308 g/mol. The SMILES string of the molecule is N#CCCN(C(=O)Nc1cc(Cl)ccc1C(=O)O)C1CC1. The van der Waals surface area contributed by atoms with E-state index in [0.29, 0.717) is 11.6 Å². The van der Waals surface area contributed by atoms with Crippen molar-refractivity contribution in [1.82, 2.24) is 4.90 Å². The van der Waals surface area contributed by atoms with Gasteiger partial charge in [0.25, 0.3) is 0 Å². The van der Waals surface area contributed by atoms with Crippen molar-refractivity contribution in [3.05, 3.63) is 28.8 Å². The number of anilines is 1. The Morgan fingerprint density at radius 1 is 1.48 bits per heavy atom. The third-order valence-corrected chi connectivity index (χ3v) is 3.40. The van der Waals surface area contributed by atoms with E-state index in [1.165, 1.54) is 18.2 Å². The highest BCUT2D eigenvalue weighted by Gasteiger charge is 2.32. The second-order valence-corrected chi connectivity index (χ2v) is 5.19. The van der Waals surface area contributed by atoms with E-state index in [2.05, 4.69) is 5.32 Å². The minimum absolute atomic E-state index is 0.0243. The Morgan fingerprint density at radius 2 is 2.19 bits per heavy atom. The van der Waals surface area contributed by atoms with Crippen molar-refractivity contribution in [2.75, 3.05) is 11.9 Å². The second-order valence-electron chi connectivity index (χ2n) is 4.76. The molecule has 2 amide bonds. The van der Waals surface area contributed by atoms with E-state index < -0.39 is 12.0 Å². The molecule has 6 nitrogen and oxygen atoms in total. The van der Waals surface area contributed by atoms with Gasteiger partial charge in [0.05, 0.1) is 23.7 Å². The molecule has 1 aliphatic rings. The Bertz CT molecular complexity index is 608. The van der Waals surface area contributed by atoms with Crippen LogP contribution in [0.25, 0.3) is 0 Å². The number of nitrogens with one attached hydrogen (secondary N) is 1. The summed E-state index contributed by atoms with van der Waals surface area (Å²) in [6.07, 6.45) is 2.05. The molecule has 2 N–H and O–H groups in total. The molecule has 1 fully saturated rings. The van der Waals surface area contributed by atoms with Crippen molar-refractivity contribution >= 4 is 29.3 Å². The highest BCUT2D eigenvalue weighted by atomic mass is 35.5. The lowest BCUT2D eigenvalue weighted by Crippen LogP contribution is -2.37. The number of aromatic carboxylic acids is 1. The van der Waals surface area contributed by atoms with Crippen molar-refractivity contribution in [1.29, 1.82) is 5.26 Å². The van der Waals surface area contributed by atoms with Crippen LogP contribution in [-0.4, -0.2) is 34.6 Å². The maximum absolute atomic E-state index is 12.3. The summed E-state index contributed by atoms with van der Waals surface area (Å²) in [6.45, 7) is 0.329. The number of amides is 2. The highest BCUT2D eigenvalue weighted by Crippen LogP contribution is 2.28. The molecule has 21 heavy (non-hydrogen) atoms. The van der Waals surface area contributed by atoms with Crippen LogP contribution in [0.1, 0.15) is 29.6 Å². The quantitative estimate of drug-likeness (QED) is 0.874. The van der Waals surface area contributed by atoms with Gasteiger partial charge in [0.2, 0.25) is 0 Å². The Labute approximate surface area is 126 Å². The average Bonchev–Trinajstić information content (AvgIpc) is 3.23. The lowest BCUT2D eigenvalue weighted by molar-refractivity contribution is 0.0698. The Kier molecular flexibility index (Phi) is 4.66. The minimum atomic E-state index is -1.14. The lowest BCUT2D eigenvalue weighted by atomic mass is 10.2. The maximum atomic E-state index is 12.3. The fourth-order valence-corrected chi connectivity index (χ4v) is 2.17. The second kappa shape index (κ2) is 6.46. The van der Waals surface area contributed by atoms with Gasteiger partial charge in [-0.25, -0.2) is 9.59 Å². The van der Waals surface area contributed by atoms with Crippen LogP contribution in [0.3, 0.4) is 0 Å². The number of carboxylic acid groups (broad SMARTS) is 1. The number of carboxylic acids is 1. The fourth-order valence-electron chi connectivity index (χ4n) is 2.00. The van der Waals surface area contributed by atoms with Crippen molar-refractivity contribution in [3.8, 4) is 6.07 Å². The Morgan fingerprint density at radius 3 is 2.76 bits per heavy atom. The summed E-state index contributed by atoms with van der Waals surface area (Å²) in [5, 5.41) is 20.7. The molecule has 1 aliphatic carbocycles. The van der Waals surface area contributed by atoms with E-state index in [4.69, 9.17) is 22.0 Å². The molecule has 0 radical (unpaired) electrons. The van der Waals surface area contributed by atoms with Crippen LogP contribution in [0.15, 0.2) is 18.2 Å². The number of hydrogen-bond acceptors (Lipinski definition) is 3. The lowest BCUT2D eigenvalue weighted by Gasteiger charge is -2.22. The van der Waals surface area contributed by atoms with Crippen LogP contribution < -0.4 is 5.32 Å². The summed E-state index contributed by atoms with van der Waals surface area (Å²) in [4.78, 5) is 25.0. The molecule has 0 aliphatic heterocycles. The molecule has 2 rings (SSSR count). The Balaban J connectivity index is 2.16. The smallest absolute Gasteiger partial charge is 0.337 e. The number of rotatable bonds is 5. The van der Waals surface area contributed by atoms with E-state index >= 15 is 0 Å². The number of urea groups is 1. The van der Waals surface area contributed by atoms with Gasteiger partial charge in [-0.1, -0.05) is 11.6 Å². The summed E-state index contributed by atoms with van der Waals surface area (Å²) in [5.74, 6) is -1.14. The molecule has 0 unspecified atom stereocenters. The molecule has 0 spiro atoms. The highest BCUT2D eigenvalue weighted by molar-refractivity contribution is 6.31. The molecule has 0 saturated heterocycles. The van der Waals surface area contributed by atoms with Gasteiger partial charge < -0.3 is 15.3 Å². The molecular weight excluding hydrogens is 294 g/mol. The van der Waals surface area contributed by atoms with Gasteiger partial charge in [-0.3, -0.25) is 0 Å². The summed E-state index contributed by atoms with van der Waals surface area (Å²) in [6, 6.07) is 5.93. The molecule has 1 aromatic carbocycles. The molecule has 0 bridgehead atoms. The van der Waals surface area contributed by atoms with E-state index in [1.54, 1.807) is 4.90 Å². The molecule has 7 heteroatoms. The van der Waals surface area contributed by atoms with E-state index in [9.17, 15) is 9.59 Å². The topological polar surface area (TPSA) is 93.4 Å². The predicted molar refractivity (Wildman–Crippen MR) is 77.4 cm³/mol. The van der Waals surface area contributed by atoms with Gasteiger partial charge in [-0.15, -0.1) is 0 Å². The molecule has 0 heterocycles. The van der Waals surface area contributed by atoms with Gasteiger partial charge in [0, 0.05) is 17.6 Å². The number of nitriles is 1. The van der Waals surface area contributed by atoms with Crippen molar-refractivity contribution in [2.24, 2.45) is 0 Å². The van der Waals surface area contributed by atoms with E-state index in [0.717, 1.165) is 12.8 Å². The van der Waals surface area contributed by atoms with Crippen LogP contribution in [-0.2, 0) is 0 Å². The predicted octanol–water partition coefficient (Wildman–Crippen LogP) is 2.95. The third-order valence-electron chi connectivity index (χ3n) is 3.17. The van der Waals surface area contributed by atoms with Gasteiger partial charge >= 0.3 is 12.0 Å². The monoisotopic (exact) mass is 307 g/mol. The largest absolute Gasteiger partial charge is 0.478 e. The van der Waals surface area contributed by atoms with Gasteiger partial charge in [0.1, 0.15) is 0 Å². The molecule has 1 saturated carbocycles. The van der Waals surface area contributed by atoms with Crippen LogP contribution in [0, 0.1) is 11.3 Å². The zero-order valence-electron chi connectivity index (χ0n) is 11.2. The molecular formula is C14H14ClN3O3. The summed E-state index contributed by atoms with van der Waals surface area (Å²) in [7, 11) is 0. The zero-order valence-corrected chi connectivity index (χ0v) is 11.9. The van der Waals surface area contributed by atoms with Crippen LogP contribution in [0.4, 0.5) is 10.5 Å². The number of nitrogens with zero attached hydrogens (tertiary/aromatic N) is 2. The van der Waals surface area contributed by atoms with Gasteiger partial charge in [-0.05, 0) is 31.0 Å². The van der Waals surface area contributed by atoms with Crippen molar-refractivity contribution < 1.29 is 14.7 Å². The third kappa shape index (κ3) is 3.86. The van der Waals surface area contributed by atoms with E-state index in [1.807, 2.05) is 6.07 Å². The number of carbonyl (C=O) groups excluding carboxylic acids is 1. The first kappa shape index (κ1) is 15.1. The van der Waals surface area contributed by atoms with Crippen molar-refractivity contribution in [2.45, 2.75) is 25.3 Å². The summed E-state index contributed by atoms with van der Waals surface area (Å²) in [5.41, 5.74) is 0.131. The minimum Gasteiger partial charge on any atom is -0.478 e. The zero-order chi connectivity index (χ0) is 15.4. The maximum Gasteiger partial charge on any atom is 0.337 e. The summed E-state index contributed by atoms with van der Waals surface area (Å²) < 4.78 is 0. The standard InChI is InChI=1S/C14H14ClN3O3/c15-9-2-5-11(13(19)20)12(8-9)17-14(21)18(7-1-6-16)10-3-4-10/h2,5,8,10H,1,3-4,7H2,(H,17,21)(H,19,20). The molecule has 0 aromatic heterocycles. The molecule has 110 valence electrons. The number of halogens is 1. The fraction of sp³-hybridized carbons (Fsp3) is 0.357. The molecule has 1 aromatic rings. The number of hydrogen-bond donors (Lipinski definition) is 2. The van der Waals surface area contributed by atoms with Crippen LogP contribution in [0.5, 0.6) is 0 Å². The first-order valence-corrected chi connectivity index (χ1v) is 6.88. The van der Waals surface area contributed by atoms with Crippen LogP contribution in [0.2, 0.25) is 5.02 Å². The number of benzene rings is 1. The summed E-state index contributed by atoms with van der Waals surface area (Å²) >= 11 is 5.84. The first-order valence-electron chi connectivity index (χ1n) is 6.50.